The van der Waals surface area contributed by atoms with Crippen molar-refractivity contribution >= 4 is 23.3 Å². The van der Waals surface area contributed by atoms with Gasteiger partial charge in [0.2, 0.25) is 11.8 Å². The molecule has 0 radical (unpaired) electrons. The monoisotopic (exact) mass is 333 g/mol. The van der Waals surface area contributed by atoms with E-state index in [1.54, 1.807) is 12.1 Å². The van der Waals surface area contributed by atoms with E-state index in [1.807, 2.05) is 30.3 Å². The fourth-order valence-electron chi connectivity index (χ4n) is 3.47. The second-order valence-corrected chi connectivity index (χ2v) is 6.24. The van der Waals surface area contributed by atoms with Crippen molar-refractivity contribution in [1.82, 2.24) is 10.3 Å². The first-order valence-electron chi connectivity index (χ1n) is 7.94. The van der Waals surface area contributed by atoms with Crippen molar-refractivity contribution < 1.29 is 9.59 Å². The van der Waals surface area contributed by atoms with Crippen LogP contribution in [0.2, 0.25) is 0 Å². The Hall–Kier alpha value is -3.40. The van der Waals surface area contributed by atoms with E-state index in [2.05, 4.69) is 20.9 Å². The number of rotatable bonds is 2. The Morgan fingerprint density at radius 1 is 1.32 bits per heavy atom. The van der Waals surface area contributed by atoms with Gasteiger partial charge < -0.3 is 16.0 Å². The quantitative estimate of drug-likeness (QED) is 0.764. The molecule has 1 aromatic carbocycles. The van der Waals surface area contributed by atoms with E-state index in [9.17, 15) is 9.59 Å². The minimum Gasteiger partial charge on any atom is -0.383 e. The molecular formula is C18H15N5O2. The zero-order valence-corrected chi connectivity index (χ0v) is 13.2. The lowest BCUT2D eigenvalue weighted by Gasteiger charge is -2.19. The van der Waals surface area contributed by atoms with Crippen molar-refractivity contribution in [3.8, 4) is 6.07 Å². The Morgan fingerprint density at radius 2 is 2.16 bits per heavy atom. The highest BCUT2D eigenvalue weighted by atomic mass is 16.2. The Bertz CT molecular complexity index is 902. The summed E-state index contributed by atoms with van der Waals surface area (Å²) in [5, 5.41) is 17.5. The number of nitrogens with zero attached hydrogens (tertiary/aromatic N) is 2. The van der Waals surface area contributed by atoms with Crippen molar-refractivity contribution in [3.05, 3.63) is 53.7 Å². The maximum Gasteiger partial charge on any atom is 0.248 e. The SMILES string of the molecule is N#Cc1ccc(NC(=O)C2CC3(CNc4ccccc43)C(=O)N2)nc1. The van der Waals surface area contributed by atoms with Gasteiger partial charge >= 0.3 is 0 Å². The average Bonchev–Trinajstić information content (AvgIpc) is 3.18. The number of hydrogen-bond acceptors (Lipinski definition) is 5. The van der Waals surface area contributed by atoms with Crippen molar-refractivity contribution in [1.29, 1.82) is 5.26 Å². The van der Waals surface area contributed by atoms with Crippen LogP contribution in [0.1, 0.15) is 17.5 Å². The van der Waals surface area contributed by atoms with E-state index in [-0.39, 0.29) is 11.8 Å². The summed E-state index contributed by atoms with van der Waals surface area (Å²) in [7, 11) is 0. The third-order valence-corrected chi connectivity index (χ3v) is 4.78. The molecule has 1 fully saturated rings. The van der Waals surface area contributed by atoms with Crippen molar-refractivity contribution in [2.45, 2.75) is 17.9 Å². The molecule has 7 heteroatoms. The van der Waals surface area contributed by atoms with Gasteiger partial charge in [-0.15, -0.1) is 0 Å². The lowest BCUT2D eigenvalue weighted by atomic mass is 9.79. The van der Waals surface area contributed by atoms with Crippen LogP contribution in [-0.2, 0) is 15.0 Å². The van der Waals surface area contributed by atoms with Gasteiger partial charge in [0, 0.05) is 18.4 Å². The van der Waals surface area contributed by atoms with E-state index in [4.69, 9.17) is 5.26 Å². The fraction of sp³-hybridized carbons (Fsp3) is 0.222. The van der Waals surface area contributed by atoms with E-state index in [1.165, 1.54) is 6.20 Å². The summed E-state index contributed by atoms with van der Waals surface area (Å²) < 4.78 is 0. The molecule has 2 aliphatic heterocycles. The molecule has 2 amide bonds. The summed E-state index contributed by atoms with van der Waals surface area (Å²) in [6.07, 6.45) is 1.78. The summed E-state index contributed by atoms with van der Waals surface area (Å²) in [4.78, 5) is 29.2. The molecule has 25 heavy (non-hydrogen) atoms. The van der Waals surface area contributed by atoms with Crippen molar-refractivity contribution in [3.63, 3.8) is 0 Å². The Morgan fingerprint density at radius 3 is 2.92 bits per heavy atom. The first-order valence-corrected chi connectivity index (χ1v) is 7.94. The average molecular weight is 333 g/mol. The zero-order chi connectivity index (χ0) is 17.4. The van der Waals surface area contributed by atoms with Gasteiger partial charge in [0.15, 0.2) is 0 Å². The number of para-hydroxylation sites is 1. The molecule has 2 aromatic rings. The number of fused-ring (bicyclic) bond motifs is 2. The summed E-state index contributed by atoms with van der Waals surface area (Å²) >= 11 is 0. The molecule has 3 N–H and O–H groups in total. The van der Waals surface area contributed by atoms with E-state index in [0.29, 0.717) is 24.3 Å². The third kappa shape index (κ3) is 2.39. The van der Waals surface area contributed by atoms with Gasteiger partial charge in [-0.05, 0) is 30.2 Å². The van der Waals surface area contributed by atoms with Gasteiger partial charge in [-0.3, -0.25) is 9.59 Å². The highest BCUT2D eigenvalue weighted by molar-refractivity contribution is 6.03. The molecule has 0 aliphatic carbocycles. The number of carbonyl (C=O) groups is 2. The number of aromatic nitrogens is 1. The smallest absolute Gasteiger partial charge is 0.248 e. The first kappa shape index (κ1) is 15.1. The Kier molecular flexibility index (Phi) is 3.39. The molecule has 7 nitrogen and oxygen atoms in total. The van der Waals surface area contributed by atoms with E-state index in [0.717, 1.165) is 11.3 Å². The molecular weight excluding hydrogens is 318 g/mol. The number of carbonyl (C=O) groups excluding carboxylic acids is 2. The minimum absolute atomic E-state index is 0.141. The summed E-state index contributed by atoms with van der Waals surface area (Å²) in [5.41, 5.74) is 1.57. The molecule has 0 bridgehead atoms. The van der Waals surface area contributed by atoms with Gasteiger partial charge in [0.05, 0.1) is 11.0 Å². The Balaban J connectivity index is 1.53. The van der Waals surface area contributed by atoms with Crippen LogP contribution in [0.3, 0.4) is 0 Å². The van der Waals surface area contributed by atoms with Crippen LogP contribution >= 0.6 is 0 Å². The molecule has 1 aromatic heterocycles. The molecule has 1 saturated heterocycles. The molecule has 0 saturated carbocycles. The van der Waals surface area contributed by atoms with Crippen LogP contribution in [0.25, 0.3) is 0 Å². The van der Waals surface area contributed by atoms with E-state index >= 15 is 0 Å². The second kappa shape index (κ2) is 5.60. The van der Waals surface area contributed by atoms with Crippen LogP contribution in [0.15, 0.2) is 42.6 Å². The van der Waals surface area contributed by atoms with Crippen LogP contribution < -0.4 is 16.0 Å². The lowest BCUT2D eigenvalue weighted by Crippen LogP contribution is -2.39. The molecule has 2 atom stereocenters. The number of anilines is 2. The summed E-state index contributed by atoms with van der Waals surface area (Å²) in [5.74, 6) is -0.103. The Labute approximate surface area is 144 Å². The number of amides is 2. The molecule has 124 valence electrons. The van der Waals surface area contributed by atoms with Gasteiger partial charge in [-0.25, -0.2) is 4.98 Å². The van der Waals surface area contributed by atoms with Gasteiger partial charge in [0.1, 0.15) is 17.9 Å². The maximum atomic E-state index is 12.6. The number of pyridine rings is 1. The van der Waals surface area contributed by atoms with Gasteiger partial charge in [-0.2, -0.15) is 5.26 Å². The number of nitriles is 1. The van der Waals surface area contributed by atoms with Crippen LogP contribution in [0.5, 0.6) is 0 Å². The van der Waals surface area contributed by atoms with Crippen LogP contribution in [0.4, 0.5) is 11.5 Å². The zero-order valence-electron chi connectivity index (χ0n) is 13.2. The molecule has 2 unspecified atom stereocenters. The second-order valence-electron chi connectivity index (χ2n) is 6.24. The molecule has 2 aliphatic rings. The number of benzene rings is 1. The van der Waals surface area contributed by atoms with Crippen LogP contribution in [0, 0.1) is 11.3 Å². The normalized spacial score (nSPS) is 23.5. The predicted octanol–water partition coefficient (Wildman–Crippen LogP) is 1.14. The minimum atomic E-state index is -0.712. The summed E-state index contributed by atoms with van der Waals surface area (Å²) in [6.45, 7) is 0.483. The van der Waals surface area contributed by atoms with Crippen LogP contribution in [-0.4, -0.2) is 29.4 Å². The predicted molar refractivity (Wildman–Crippen MR) is 90.7 cm³/mol. The molecule has 1 spiro atoms. The number of nitrogens with one attached hydrogen (secondary N) is 3. The van der Waals surface area contributed by atoms with Gasteiger partial charge in [-0.1, -0.05) is 18.2 Å². The fourth-order valence-corrected chi connectivity index (χ4v) is 3.47. The summed E-state index contributed by atoms with van der Waals surface area (Å²) in [6, 6.07) is 12.2. The van der Waals surface area contributed by atoms with E-state index < -0.39 is 11.5 Å². The third-order valence-electron chi connectivity index (χ3n) is 4.78. The van der Waals surface area contributed by atoms with Gasteiger partial charge in [0.25, 0.3) is 0 Å². The highest BCUT2D eigenvalue weighted by Crippen LogP contribution is 2.43. The maximum absolute atomic E-state index is 12.6. The van der Waals surface area contributed by atoms with Crippen molar-refractivity contribution in [2.24, 2.45) is 0 Å². The molecule has 3 heterocycles. The van der Waals surface area contributed by atoms with Crippen molar-refractivity contribution in [2.75, 3.05) is 17.2 Å². The number of hydrogen-bond donors (Lipinski definition) is 3. The molecule has 4 rings (SSSR count). The highest BCUT2D eigenvalue weighted by Gasteiger charge is 2.53. The standard InChI is InChI=1S/C18H15N5O2/c19-8-11-5-6-15(20-9-11)23-16(24)14-7-18(17(25)22-14)10-21-13-4-2-1-3-12(13)18/h1-6,9,14,21H,7,10H2,(H,22,25)(H,20,23,24). The largest absolute Gasteiger partial charge is 0.383 e. The lowest BCUT2D eigenvalue weighted by molar-refractivity contribution is -0.125. The first-order chi connectivity index (χ1) is 12.1. The topological polar surface area (TPSA) is 107 Å².